The number of nitrogens with one attached hydrogen (secondary N) is 2. The number of quaternary nitrogens is 1. The fraction of sp³-hybridized carbons (Fsp3) is 0.409. The van der Waals surface area contributed by atoms with Gasteiger partial charge in [0.05, 0.1) is 18.9 Å². The molecule has 0 aliphatic carbocycles. The van der Waals surface area contributed by atoms with Crippen molar-refractivity contribution in [1.82, 2.24) is 0 Å². The molecule has 2 N–H and O–H groups in total. The number of halogens is 1. The number of benzene rings is 2. The number of carbonyl (C=O) groups is 1. The van der Waals surface area contributed by atoms with Crippen LogP contribution in [0, 0.1) is 5.82 Å². The molecule has 4 rings (SSSR count). The van der Waals surface area contributed by atoms with Gasteiger partial charge in [0.1, 0.15) is 18.9 Å². The Kier molecular flexibility index (Phi) is 6.27. The van der Waals surface area contributed by atoms with Gasteiger partial charge in [0.2, 0.25) is 0 Å². The highest BCUT2D eigenvalue weighted by atomic mass is 19.1. The fourth-order valence-electron chi connectivity index (χ4n) is 3.95. The maximum absolute atomic E-state index is 14.7. The molecule has 0 radical (unpaired) electrons. The van der Waals surface area contributed by atoms with Crippen molar-refractivity contribution in [3.8, 4) is 0 Å². The Morgan fingerprint density at radius 3 is 2.38 bits per heavy atom. The lowest BCUT2D eigenvalue weighted by molar-refractivity contribution is -0.899. The molecule has 2 aromatic carbocycles. The van der Waals surface area contributed by atoms with Gasteiger partial charge in [0.15, 0.2) is 6.54 Å². The third-order valence-corrected chi connectivity index (χ3v) is 5.58. The molecule has 7 heteroatoms. The Bertz CT molecular complexity index is 819. The normalized spacial score (nSPS) is 18.0. The van der Waals surface area contributed by atoms with E-state index in [0.717, 1.165) is 39.3 Å². The van der Waals surface area contributed by atoms with Crippen LogP contribution in [0.25, 0.3) is 0 Å². The predicted molar refractivity (Wildman–Crippen MR) is 112 cm³/mol. The number of carbonyl (C=O) groups excluding carboxylic acids is 1. The van der Waals surface area contributed by atoms with E-state index < -0.39 is 0 Å². The van der Waals surface area contributed by atoms with Gasteiger partial charge in [-0.2, -0.15) is 0 Å². The first-order valence-corrected chi connectivity index (χ1v) is 10.2. The van der Waals surface area contributed by atoms with E-state index in [-0.39, 0.29) is 11.7 Å². The first-order chi connectivity index (χ1) is 14.2. The van der Waals surface area contributed by atoms with E-state index in [1.165, 1.54) is 16.7 Å². The molecule has 29 heavy (non-hydrogen) atoms. The van der Waals surface area contributed by atoms with Gasteiger partial charge in [0, 0.05) is 37.6 Å². The molecule has 2 saturated heterocycles. The standard InChI is InChI=1S/C22H27FN4O2/c23-20-16-18(24-22(28)17-25-12-14-29-15-13-25)6-7-21(20)27-10-8-26(9-11-27)19-4-2-1-3-5-19/h1-7,16H,8-15,17H2,(H,24,28)/p+1. The molecule has 154 valence electrons. The molecular weight excluding hydrogens is 371 g/mol. The van der Waals surface area contributed by atoms with Gasteiger partial charge in [-0.3, -0.25) is 4.79 Å². The van der Waals surface area contributed by atoms with Gasteiger partial charge in [-0.1, -0.05) is 18.2 Å². The summed E-state index contributed by atoms with van der Waals surface area (Å²) >= 11 is 0. The van der Waals surface area contributed by atoms with E-state index in [4.69, 9.17) is 4.74 Å². The molecule has 0 atom stereocenters. The Hall–Kier alpha value is -2.64. The van der Waals surface area contributed by atoms with Gasteiger partial charge < -0.3 is 24.8 Å². The Morgan fingerprint density at radius 2 is 1.69 bits per heavy atom. The van der Waals surface area contributed by atoms with E-state index in [1.807, 2.05) is 18.2 Å². The van der Waals surface area contributed by atoms with Crippen LogP contribution >= 0.6 is 0 Å². The highest BCUT2D eigenvalue weighted by Crippen LogP contribution is 2.25. The number of ether oxygens (including phenoxy) is 1. The summed E-state index contributed by atoms with van der Waals surface area (Å²) in [5, 5.41) is 2.82. The van der Waals surface area contributed by atoms with Crippen LogP contribution in [0.1, 0.15) is 0 Å². The summed E-state index contributed by atoms with van der Waals surface area (Å²) in [6.07, 6.45) is 0. The summed E-state index contributed by atoms with van der Waals surface area (Å²) < 4.78 is 20.0. The van der Waals surface area contributed by atoms with Gasteiger partial charge >= 0.3 is 0 Å². The molecule has 6 nitrogen and oxygen atoms in total. The molecule has 0 spiro atoms. The van der Waals surface area contributed by atoms with E-state index >= 15 is 0 Å². The Balaban J connectivity index is 1.32. The maximum Gasteiger partial charge on any atom is 0.279 e. The number of hydrogen-bond donors (Lipinski definition) is 2. The van der Waals surface area contributed by atoms with Crippen molar-refractivity contribution in [3.63, 3.8) is 0 Å². The Morgan fingerprint density at radius 1 is 1.00 bits per heavy atom. The summed E-state index contributed by atoms with van der Waals surface area (Å²) in [4.78, 5) is 17.8. The molecule has 0 bridgehead atoms. The molecule has 2 fully saturated rings. The number of piperazine rings is 1. The van der Waals surface area contributed by atoms with Crippen LogP contribution in [0.2, 0.25) is 0 Å². The van der Waals surface area contributed by atoms with Crippen molar-refractivity contribution in [3.05, 3.63) is 54.3 Å². The van der Waals surface area contributed by atoms with Crippen molar-refractivity contribution < 1.29 is 18.8 Å². The van der Waals surface area contributed by atoms with Gasteiger partial charge in [-0.15, -0.1) is 0 Å². The second kappa shape index (κ2) is 9.24. The highest BCUT2D eigenvalue weighted by Gasteiger charge is 2.21. The lowest BCUT2D eigenvalue weighted by atomic mass is 10.2. The summed E-state index contributed by atoms with van der Waals surface area (Å²) in [7, 11) is 0. The van der Waals surface area contributed by atoms with Crippen molar-refractivity contribution >= 4 is 23.0 Å². The van der Waals surface area contributed by atoms with Crippen LogP contribution in [0.4, 0.5) is 21.5 Å². The van der Waals surface area contributed by atoms with Crippen molar-refractivity contribution in [2.24, 2.45) is 0 Å². The van der Waals surface area contributed by atoms with Crippen molar-refractivity contribution in [2.75, 3.05) is 74.1 Å². The summed E-state index contributed by atoms with van der Waals surface area (Å²) in [6, 6.07) is 15.3. The predicted octanol–water partition coefficient (Wildman–Crippen LogP) is 1.01. The van der Waals surface area contributed by atoms with Crippen molar-refractivity contribution in [2.45, 2.75) is 0 Å². The largest absolute Gasteiger partial charge is 0.370 e. The first kappa shape index (κ1) is 19.7. The number of nitrogens with zero attached hydrogens (tertiary/aromatic N) is 2. The van der Waals surface area contributed by atoms with E-state index in [1.54, 1.807) is 12.1 Å². The topological polar surface area (TPSA) is 49.3 Å². The lowest BCUT2D eigenvalue weighted by Gasteiger charge is -2.37. The van der Waals surface area contributed by atoms with Gasteiger partial charge in [-0.05, 0) is 30.3 Å². The number of hydrogen-bond acceptors (Lipinski definition) is 4. The van der Waals surface area contributed by atoms with Gasteiger partial charge in [0.25, 0.3) is 5.91 Å². The average Bonchev–Trinajstić information content (AvgIpc) is 2.75. The monoisotopic (exact) mass is 399 g/mol. The zero-order valence-electron chi connectivity index (χ0n) is 16.6. The zero-order chi connectivity index (χ0) is 20.1. The molecule has 0 unspecified atom stereocenters. The van der Waals surface area contributed by atoms with Crippen LogP contribution in [-0.2, 0) is 9.53 Å². The number of morpholine rings is 1. The van der Waals surface area contributed by atoms with Crippen LogP contribution in [0.15, 0.2) is 48.5 Å². The van der Waals surface area contributed by atoms with E-state index in [9.17, 15) is 9.18 Å². The zero-order valence-corrected chi connectivity index (χ0v) is 16.6. The minimum absolute atomic E-state index is 0.0921. The smallest absolute Gasteiger partial charge is 0.279 e. The minimum atomic E-state index is -0.297. The summed E-state index contributed by atoms with van der Waals surface area (Å²) in [5.74, 6) is -0.389. The summed E-state index contributed by atoms with van der Waals surface area (Å²) in [5.41, 5.74) is 2.30. The quantitative estimate of drug-likeness (QED) is 0.788. The molecular formula is C22H28FN4O2+. The van der Waals surface area contributed by atoms with Crippen molar-refractivity contribution in [1.29, 1.82) is 0 Å². The first-order valence-electron chi connectivity index (χ1n) is 10.2. The fourth-order valence-corrected chi connectivity index (χ4v) is 3.95. The minimum Gasteiger partial charge on any atom is -0.370 e. The average molecular weight is 399 g/mol. The van der Waals surface area contributed by atoms with Crippen LogP contribution in [0.5, 0.6) is 0 Å². The van der Waals surface area contributed by atoms with E-state index in [0.29, 0.717) is 31.1 Å². The third kappa shape index (κ3) is 5.05. The second-order valence-electron chi connectivity index (χ2n) is 7.56. The molecule has 2 aromatic rings. The Labute approximate surface area is 170 Å². The third-order valence-electron chi connectivity index (χ3n) is 5.58. The number of anilines is 3. The molecule has 2 aliphatic heterocycles. The summed E-state index contributed by atoms with van der Waals surface area (Å²) in [6.45, 7) is 6.64. The molecule has 2 heterocycles. The number of para-hydroxylation sites is 1. The van der Waals surface area contributed by atoms with Crippen LogP contribution < -0.4 is 20.0 Å². The maximum atomic E-state index is 14.7. The molecule has 2 aliphatic rings. The molecule has 1 amide bonds. The van der Waals surface area contributed by atoms with Gasteiger partial charge in [-0.25, -0.2) is 4.39 Å². The SMILES string of the molecule is O=C(C[NH+]1CCOCC1)Nc1ccc(N2CCN(c3ccccc3)CC2)c(F)c1. The second-order valence-corrected chi connectivity index (χ2v) is 7.56. The molecule has 0 aromatic heterocycles. The molecule has 0 saturated carbocycles. The number of amides is 1. The highest BCUT2D eigenvalue weighted by molar-refractivity contribution is 5.91. The lowest BCUT2D eigenvalue weighted by Crippen LogP contribution is -3.15. The van der Waals surface area contributed by atoms with Crippen LogP contribution in [0.3, 0.4) is 0 Å². The van der Waals surface area contributed by atoms with Crippen LogP contribution in [-0.4, -0.2) is 64.9 Å². The van der Waals surface area contributed by atoms with E-state index in [2.05, 4.69) is 27.2 Å². The number of rotatable bonds is 5.